The van der Waals surface area contributed by atoms with Crippen LogP contribution in [0.2, 0.25) is 0 Å². The minimum Gasteiger partial charge on any atom is -0.497 e. The second kappa shape index (κ2) is 7.31. The van der Waals surface area contributed by atoms with Crippen LogP contribution >= 0.6 is 11.3 Å². The summed E-state index contributed by atoms with van der Waals surface area (Å²) in [6.07, 6.45) is 3.23. The molecule has 0 bridgehead atoms. The molecule has 7 heteroatoms. The molecule has 0 fully saturated rings. The number of hydrogen-bond acceptors (Lipinski definition) is 5. The van der Waals surface area contributed by atoms with Crippen LogP contribution in [0.25, 0.3) is 11.3 Å². The Morgan fingerprint density at radius 3 is 2.44 bits per heavy atom. The Morgan fingerprint density at radius 2 is 1.80 bits per heavy atom. The topological polar surface area (TPSA) is 76.1 Å². The zero-order valence-electron chi connectivity index (χ0n) is 14.2. The first-order valence-corrected chi connectivity index (χ1v) is 8.54. The molecule has 2 aromatic heterocycles. The summed E-state index contributed by atoms with van der Waals surface area (Å²) in [5.74, 6) is 0.823. The van der Waals surface area contributed by atoms with E-state index < -0.39 is 0 Å². The summed E-state index contributed by atoms with van der Waals surface area (Å²) in [6, 6.07) is 7.05. The van der Waals surface area contributed by atoms with E-state index in [4.69, 9.17) is 4.74 Å². The van der Waals surface area contributed by atoms with Gasteiger partial charge in [0.15, 0.2) is 5.13 Å². The van der Waals surface area contributed by atoms with E-state index in [0.29, 0.717) is 10.8 Å². The number of urea groups is 1. The summed E-state index contributed by atoms with van der Waals surface area (Å²) >= 11 is 1.38. The van der Waals surface area contributed by atoms with Crippen molar-refractivity contribution in [2.24, 2.45) is 0 Å². The molecule has 2 amide bonds. The lowest BCUT2D eigenvalue weighted by Gasteiger charge is -2.10. The zero-order valence-corrected chi connectivity index (χ0v) is 15.0. The third-order valence-corrected chi connectivity index (χ3v) is 4.42. The number of nitrogens with zero attached hydrogens (tertiary/aromatic N) is 2. The van der Waals surface area contributed by atoms with E-state index in [1.165, 1.54) is 11.3 Å². The molecule has 3 aromatic rings. The first kappa shape index (κ1) is 16.9. The monoisotopic (exact) mass is 354 g/mol. The number of rotatable bonds is 4. The van der Waals surface area contributed by atoms with Crippen LogP contribution in [0.1, 0.15) is 11.1 Å². The number of ether oxygens (including phenoxy) is 1. The second-order valence-electron chi connectivity index (χ2n) is 5.49. The molecule has 0 saturated carbocycles. The highest BCUT2D eigenvalue weighted by atomic mass is 32.1. The average Bonchev–Trinajstić information content (AvgIpc) is 3.02. The number of aromatic nitrogens is 2. The predicted molar refractivity (Wildman–Crippen MR) is 100 cm³/mol. The van der Waals surface area contributed by atoms with E-state index in [-0.39, 0.29) is 6.03 Å². The Balaban J connectivity index is 1.76. The van der Waals surface area contributed by atoms with Crippen molar-refractivity contribution in [2.75, 3.05) is 17.7 Å². The molecule has 0 aliphatic heterocycles. The van der Waals surface area contributed by atoms with Gasteiger partial charge in [0.25, 0.3) is 0 Å². The molecule has 25 heavy (non-hydrogen) atoms. The van der Waals surface area contributed by atoms with E-state index in [1.807, 2.05) is 31.4 Å². The molecule has 128 valence electrons. The minimum absolute atomic E-state index is 0.338. The summed E-state index contributed by atoms with van der Waals surface area (Å²) in [7, 11) is 1.65. The Kier molecular flexibility index (Phi) is 4.95. The molecule has 6 nitrogen and oxygen atoms in total. The second-order valence-corrected chi connectivity index (χ2v) is 6.35. The van der Waals surface area contributed by atoms with Gasteiger partial charge in [0.1, 0.15) is 5.75 Å². The van der Waals surface area contributed by atoms with Gasteiger partial charge in [-0.25, -0.2) is 9.78 Å². The molecule has 0 aliphatic carbocycles. The molecule has 0 aliphatic rings. The first-order valence-electron chi connectivity index (χ1n) is 7.66. The first-order chi connectivity index (χ1) is 12.1. The number of amides is 2. The summed E-state index contributed by atoms with van der Waals surface area (Å²) < 4.78 is 5.29. The molecule has 0 spiro atoms. The van der Waals surface area contributed by atoms with Crippen molar-refractivity contribution in [1.29, 1.82) is 0 Å². The lowest BCUT2D eigenvalue weighted by molar-refractivity contribution is 0.262. The molecular weight excluding hydrogens is 336 g/mol. The normalized spacial score (nSPS) is 10.4. The lowest BCUT2D eigenvalue weighted by Crippen LogP contribution is -2.19. The zero-order chi connectivity index (χ0) is 17.8. The number of pyridine rings is 1. The molecule has 2 heterocycles. The Bertz CT molecular complexity index is 870. The third kappa shape index (κ3) is 3.95. The van der Waals surface area contributed by atoms with Crippen molar-refractivity contribution in [3.63, 3.8) is 0 Å². The van der Waals surface area contributed by atoms with E-state index >= 15 is 0 Å². The van der Waals surface area contributed by atoms with E-state index in [1.54, 1.807) is 31.6 Å². The van der Waals surface area contributed by atoms with Gasteiger partial charge in [0.05, 0.1) is 12.8 Å². The van der Waals surface area contributed by atoms with Gasteiger partial charge in [-0.15, -0.1) is 11.3 Å². The number of carbonyl (C=O) groups excluding carboxylic acids is 1. The maximum atomic E-state index is 12.1. The summed E-state index contributed by atoms with van der Waals surface area (Å²) in [5, 5.41) is 7.96. The van der Waals surface area contributed by atoms with Gasteiger partial charge in [-0.05, 0) is 49.2 Å². The maximum absolute atomic E-state index is 12.1. The molecule has 1 aromatic carbocycles. The van der Waals surface area contributed by atoms with Crippen LogP contribution in [0.15, 0.2) is 42.0 Å². The van der Waals surface area contributed by atoms with Crippen LogP contribution in [0.4, 0.5) is 15.6 Å². The van der Waals surface area contributed by atoms with Crippen LogP contribution in [0.3, 0.4) is 0 Å². The fourth-order valence-corrected chi connectivity index (χ4v) is 3.28. The van der Waals surface area contributed by atoms with Crippen molar-refractivity contribution < 1.29 is 9.53 Å². The van der Waals surface area contributed by atoms with Gasteiger partial charge in [-0.3, -0.25) is 10.3 Å². The van der Waals surface area contributed by atoms with Crippen molar-refractivity contribution >= 4 is 28.2 Å². The van der Waals surface area contributed by atoms with E-state index in [2.05, 4.69) is 20.6 Å². The Morgan fingerprint density at radius 1 is 1.12 bits per heavy atom. The van der Waals surface area contributed by atoms with Crippen molar-refractivity contribution in [1.82, 2.24) is 9.97 Å². The quantitative estimate of drug-likeness (QED) is 0.724. The van der Waals surface area contributed by atoms with Gasteiger partial charge >= 0.3 is 6.03 Å². The number of methoxy groups -OCH3 is 1. The number of hydrogen-bond donors (Lipinski definition) is 2. The number of carbonyl (C=O) groups is 1. The van der Waals surface area contributed by atoms with Crippen LogP contribution in [0.5, 0.6) is 5.75 Å². The van der Waals surface area contributed by atoms with Crippen molar-refractivity contribution in [3.8, 4) is 17.0 Å². The van der Waals surface area contributed by atoms with Gasteiger partial charge in [0.2, 0.25) is 0 Å². The number of benzene rings is 1. The van der Waals surface area contributed by atoms with Crippen LogP contribution in [-0.4, -0.2) is 23.1 Å². The Hall–Kier alpha value is -2.93. The SMILES string of the molecule is COc1cc(C)c(-c2csc(NC(=O)Nc3ccncc3)n2)c(C)c1. The van der Waals surface area contributed by atoms with E-state index in [0.717, 1.165) is 28.1 Å². The lowest BCUT2D eigenvalue weighted by atomic mass is 10.0. The maximum Gasteiger partial charge on any atom is 0.325 e. The number of anilines is 2. The fraction of sp³-hybridized carbons (Fsp3) is 0.167. The highest BCUT2D eigenvalue weighted by Gasteiger charge is 2.13. The van der Waals surface area contributed by atoms with Gasteiger partial charge < -0.3 is 10.1 Å². The van der Waals surface area contributed by atoms with Gasteiger partial charge in [-0.2, -0.15) is 0 Å². The third-order valence-electron chi connectivity index (χ3n) is 3.66. The highest BCUT2D eigenvalue weighted by molar-refractivity contribution is 7.14. The average molecular weight is 354 g/mol. The summed E-state index contributed by atoms with van der Waals surface area (Å²) in [6.45, 7) is 4.04. The molecular formula is C18H18N4O2S. The fourth-order valence-electron chi connectivity index (χ4n) is 2.59. The summed E-state index contributed by atoms with van der Waals surface area (Å²) in [4.78, 5) is 20.5. The van der Waals surface area contributed by atoms with Crippen molar-refractivity contribution in [3.05, 3.63) is 53.2 Å². The van der Waals surface area contributed by atoms with Crippen LogP contribution in [0, 0.1) is 13.8 Å². The largest absolute Gasteiger partial charge is 0.497 e. The smallest absolute Gasteiger partial charge is 0.325 e. The van der Waals surface area contributed by atoms with Gasteiger partial charge in [0, 0.05) is 29.0 Å². The predicted octanol–water partition coefficient (Wildman–Crippen LogP) is 4.47. The van der Waals surface area contributed by atoms with E-state index in [9.17, 15) is 4.79 Å². The standard InChI is InChI=1S/C18H18N4O2S/c1-11-8-14(24-3)9-12(2)16(11)15-10-25-18(21-15)22-17(23)20-13-4-6-19-7-5-13/h4-10H,1-3H3,(H2,19,20,21,22,23). The number of aryl methyl sites for hydroxylation is 2. The Labute approximate surface area is 149 Å². The minimum atomic E-state index is -0.338. The molecule has 0 radical (unpaired) electrons. The molecule has 0 saturated heterocycles. The number of thiazole rings is 1. The van der Waals surface area contributed by atoms with Gasteiger partial charge in [-0.1, -0.05) is 0 Å². The van der Waals surface area contributed by atoms with Crippen LogP contribution < -0.4 is 15.4 Å². The molecule has 3 rings (SSSR count). The number of nitrogens with one attached hydrogen (secondary N) is 2. The molecule has 0 atom stereocenters. The highest BCUT2D eigenvalue weighted by Crippen LogP contribution is 2.32. The summed E-state index contributed by atoms with van der Waals surface area (Å²) in [5.41, 5.74) is 4.72. The van der Waals surface area contributed by atoms with Crippen molar-refractivity contribution in [2.45, 2.75) is 13.8 Å². The molecule has 0 unspecified atom stereocenters. The van der Waals surface area contributed by atoms with Crippen LogP contribution in [-0.2, 0) is 0 Å². The molecule has 2 N–H and O–H groups in total.